The van der Waals surface area contributed by atoms with Crippen LogP contribution in [-0.2, 0) is 4.79 Å². The number of carbonyl (C=O) groups is 1. The van der Waals surface area contributed by atoms with Crippen LogP contribution in [0.2, 0.25) is 0 Å². The molecule has 8 heteroatoms. The molecule has 3 aliphatic heterocycles. The number of ketones is 1. The van der Waals surface area contributed by atoms with Gasteiger partial charge in [0.25, 0.3) is 0 Å². The van der Waals surface area contributed by atoms with Gasteiger partial charge in [0, 0.05) is 62.4 Å². The normalized spacial score (nSPS) is 28.9. The van der Waals surface area contributed by atoms with Crippen LogP contribution in [0, 0.1) is 11.8 Å². The summed E-state index contributed by atoms with van der Waals surface area (Å²) in [5.41, 5.74) is 1.31. The van der Waals surface area contributed by atoms with Crippen molar-refractivity contribution in [3.05, 3.63) is 18.0 Å². The molecule has 1 atom stereocenters. The van der Waals surface area contributed by atoms with Gasteiger partial charge in [0.05, 0.1) is 0 Å². The zero-order chi connectivity index (χ0) is 24.5. The summed E-state index contributed by atoms with van der Waals surface area (Å²) in [5.74, 6) is 2.72. The van der Waals surface area contributed by atoms with Gasteiger partial charge in [-0.2, -0.15) is 0 Å². The lowest BCUT2D eigenvalue weighted by Gasteiger charge is -2.41. The number of piperidine rings is 1. The minimum absolute atomic E-state index is 0.187. The predicted molar refractivity (Wildman–Crippen MR) is 143 cm³/mol. The van der Waals surface area contributed by atoms with Crippen LogP contribution in [0.25, 0.3) is 0 Å². The Morgan fingerprint density at radius 3 is 2.31 bits per heavy atom. The Hall–Kier alpha value is -1.51. The molecule has 0 aromatic carbocycles. The number of anilines is 1. The van der Waals surface area contributed by atoms with Gasteiger partial charge in [-0.25, -0.2) is 9.97 Å². The summed E-state index contributed by atoms with van der Waals surface area (Å²) in [6, 6.07) is 1.76. The van der Waals surface area contributed by atoms with Crippen molar-refractivity contribution < 1.29 is 4.79 Å². The van der Waals surface area contributed by atoms with E-state index in [1.807, 2.05) is 13.8 Å². The lowest BCUT2D eigenvalue weighted by Crippen LogP contribution is -2.61. The maximum Gasteiger partial charge on any atom is 0.357 e. The highest BCUT2D eigenvalue weighted by Gasteiger charge is 2.45. The second-order valence-corrected chi connectivity index (χ2v) is 12.2. The molecule has 7 nitrogen and oxygen atoms in total. The Labute approximate surface area is 212 Å². The number of nitrogens with zero attached hydrogens (tertiary/aromatic N) is 5. The molecule has 1 aliphatic carbocycles. The molecule has 1 N–H and O–H groups in total. The molecule has 1 aromatic rings. The fraction of sp³-hybridized carbons (Fsp3) is 0.815. The lowest BCUT2D eigenvalue weighted by atomic mass is 9.73. The zero-order valence-electron chi connectivity index (χ0n) is 22.3. The van der Waals surface area contributed by atoms with Gasteiger partial charge in [-0.05, 0) is 82.9 Å². The molecular weight excluding hydrogens is 435 g/mol. The van der Waals surface area contributed by atoms with Crippen LogP contribution >= 0.6 is 0 Å². The molecule has 4 fully saturated rings. The topological polar surface area (TPSA) is 64.6 Å². The summed E-state index contributed by atoms with van der Waals surface area (Å²) < 4.78 is 0. The number of hydrogen-bond donors (Lipinski definition) is 1. The molecule has 3 saturated heterocycles. The first-order valence-electron chi connectivity index (χ1n) is 14.2. The number of aromatic nitrogens is 2. The Morgan fingerprint density at radius 1 is 1.03 bits per heavy atom. The lowest BCUT2D eigenvalue weighted by molar-refractivity contribution is -0.123. The fourth-order valence-corrected chi connectivity index (χ4v) is 6.83. The van der Waals surface area contributed by atoms with Crippen LogP contribution in [0.15, 0.2) is 12.4 Å². The van der Waals surface area contributed by atoms with E-state index < -0.39 is 0 Å². The molecule has 4 aliphatic rings. The standard InChI is InChI=1S/C27H45BN6O/c1-19(2)26(35)13-21-5-7-24(8-6-21)32-11-9-22(10-12-32)23-14-29-27(30-15-23)34-25-16-31-28(34)18-33(17-25)20(3)4/h14-15,19-22,24-25,31H,5-13,16-18H2,1-4H3/t21-,24+,25?. The summed E-state index contributed by atoms with van der Waals surface area (Å²) >= 11 is 0. The minimum Gasteiger partial charge on any atom is -0.364 e. The second kappa shape index (κ2) is 10.9. The largest absolute Gasteiger partial charge is 0.364 e. The maximum atomic E-state index is 12.1. The Balaban J connectivity index is 1.10. The van der Waals surface area contributed by atoms with E-state index in [1.54, 1.807) is 0 Å². The number of likely N-dealkylation sites (tertiary alicyclic amines) is 1. The second-order valence-electron chi connectivity index (χ2n) is 12.2. The summed E-state index contributed by atoms with van der Waals surface area (Å²) in [4.78, 5) is 29.5. The molecule has 0 spiro atoms. The minimum atomic E-state index is 0.187. The van der Waals surface area contributed by atoms with Crippen molar-refractivity contribution in [1.82, 2.24) is 25.0 Å². The van der Waals surface area contributed by atoms with Crippen LogP contribution in [0.5, 0.6) is 0 Å². The van der Waals surface area contributed by atoms with E-state index in [2.05, 4.69) is 46.1 Å². The van der Waals surface area contributed by atoms with E-state index >= 15 is 0 Å². The molecule has 192 valence electrons. The van der Waals surface area contributed by atoms with Crippen molar-refractivity contribution in [2.45, 2.75) is 96.7 Å². The molecule has 5 rings (SSSR count). The molecule has 0 amide bonds. The first kappa shape index (κ1) is 25.2. The van der Waals surface area contributed by atoms with Crippen LogP contribution in [0.4, 0.5) is 5.95 Å². The van der Waals surface area contributed by atoms with Crippen LogP contribution < -0.4 is 10.0 Å². The summed E-state index contributed by atoms with van der Waals surface area (Å²) in [6.07, 6.45) is 13.4. The third-order valence-corrected chi connectivity index (χ3v) is 9.26. The Morgan fingerprint density at radius 2 is 1.71 bits per heavy atom. The molecular formula is C27H45BN6O. The van der Waals surface area contributed by atoms with E-state index in [9.17, 15) is 4.79 Å². The Kier molecular flexibility index (Phi) is 7.80. The van der Waals surface area contributed by atoms with Crippen LogP contribution in [-0.4, -0.2) is 83.3 Å². The van der Waals surface area contributed by atoms with Crippen LogP contribution in [0.3, 0.4) is 0 Å². The first-order valence-corrected chi connectivity index (χ1v) is 14.2. The van der Waals surface area contributed by atoms with Crippen molar-refractivity contribution >= 4 is 18.7 Å². The number of hydrogen-bond acceptors (Lipinski definition) is 7. The highest BCUT2D eigenvalue weighted by atomic mass is 16.1. The zero-order valence-corrected chi connectivity index (χ0v) is 22.3. The van der Waals surface area contributed by atoms with Gasteiger partial charge in [0.2, 0.25) is 5.95 Å². The third-order valence-electron chi connectivity index (χ3n) is 9.26. The molecule has 4 heterocycles. The van der Waals surface area contributed by atoms with Crippen molar-refractivity contribution in [1.29, 1.82) is 0 Å². The quantitative estimate of drug-likeness (QED) is 0.601. The number of fused-ring (bicyclic) bond motifs is 2. The van der Waals surface area contributed by atoms with Gasteiger partial charge in [-0.1, -0.05) is 13.8 Å². The average molecular weight is 481 g/mol. The number of carbonyl (C=O) groups excluding carboxylic acids is 1. The predicted octanol–water partition coefficient (Wildman–Crippen LogP) is 3.36. The summed E-state index contributed by atoms with van der Waals surface area (Å²) in [6.45, 7) is 13.4. The Bertz CT molecular complexity index is 834. The monoisotopic (exact) mass is 480 g/mol. The van der Waals surface area contributed by atoms with E-state index in [0.29, 0.717) is 42.7 Å². The molecule has 35 heavy (non-hydrogen) atoms. The van der Waals surface area contributed by atoms with Gasteiger partial charge in [-0.3, -0.25) is 4.79 Å². The number of Topliss-reactive ketones (excluding diaryl/α,β-unsaturated/α-hetero) is 1. The van der Waals surface area contributed by atoms with Gasteiger partial charge < -0.3 is 19.8 Å². The van der Waals surface area contributed by atoms with E-state index in [-0.39, 0.29) is 5.92 Å². The number of rotatable bonds is 7. The maximum absolute atomic E-state index is 12.1. The molecule has 1 unspecified atom stereocenters. The van der Waals surface area contributed by atoms with E-state index in [4.69, 9.17) is 9.97 Å². The highest BCUT2D eigenvalue weighted by Crippen LogP contribution is 2.35. The molecule has 2 bridgehead atoms. The number of nitrogens with one attached hydrogen (secondary N) is 1. The molecule has 1 aromatic heterocycles. The van der Waals surface area contributed by atoms with Gasteiger partial charge in [0.1, 0.15) is 5.78 Å². The van der Waals surface area contributed by atoms with Crippen molar-refractivity contribution in [3.8, 4) is 0 Å². The SMILES string of the molecule is CC(C)C(=O)C[C@H]1CC[C@@H](N2CCC(c3cnc(N4B5CN(C(C)C)CC4CN5)nc3)CC2)CC1. The third kappa shape index (κ3) is 5.59. The first-order chi connectivity index (χ1) is 16.9. The average Bonchev–Trinajstić information content (AvgIpc) is 3.13. The van der Waals surface area contributed by atoms with Gasteiger partial charge in [0.15, 0.2) is 0 Å². The van der Waals surface area contributed by atoms with Gasteiger partial charge in [-0.15, -0.1) is 0 Å². The fourth-order valence-electron chi connectivity index (χ4n) is 6.83. The van der Waals surface area contributed by atoms with E-state index in [0.717, 1.165) is 31.9 Å². The summed E-state index contributed by atoms with van der Waals surface area (Å²) in [7, 11) is 0. The van der Waals surface area contributed by atoms with Crippen LogP contribution in [0.1, 0.15) is 84.1 Å². The van der Waals surface area contributed by atoms with Gasteiger partial charge >= 0.3 is 6.98 Å². The van der Waals surface area contributed by atoms with E-state index in [1.165, 1.54) is 57.2 Å². The smallest absolute Gasteiger partial charge is 0.357 e. The summed E-state index contributed by atoms with van der Waals surface area (Å²) in [5, 5.41) is 3.66. The molecule has 0 radical (unpaired) electrons. The highest BCUT2D eigenvalue weighted by molar-refractivity contribution is 6.62. The van der Waals surface area contributed by atoms with Crippen molar-refractivity contribution in [2.24, 2.45) is 11.8 Å². The van der Waals surface area contributed by atoms with Crippen molar-refractivity contribution in [3.63, 3.8) is 0 Å². The van der Waals surface area contributed by atoms with Crippen molar-refractivity contribution in [2.75, 3.05) is 37.4 Å². The molecule has 1 saturated carbocycles.